The summed E-state index contributed by atoms with van der Waals surface area (Å²) in [6.07, 6.45) is 2.25. The van der Waals surface area contributed by atoms with Crippen molar-refractivity contribution in [2.75, 3.05) is 20.3 Å². The number of hydrogen-bond donors (Lipinski definition) is 1. The number of hydrogen-bond acceptors (Lipinski definition) is 2. The zero-order valence-electron chi connectivity index (χ0n) is 7.30. The van der Waals surface area contributed by atoms with Crippen molar-refractivity contribution >= 4 is 0 Å². The van der Waals surface area contributed by atoms with Crippen LogP contribution in [0.5, 0.6) is 0 Å². The number of ether oxygens (including phenoxy) is 1. The Morgan fingerprint density at radius 2 is 2.27 bits per heavy atom. The monoisotopic (exact) mass is 159 g/mol. The first-order valence-corrected chi connectivity index (χ1v) is 4.25. The van der Waals surface area contributed by atoms with Crippen LogP contribution in [-0.2, 0) is 4.74 Å². The van der Waals surface area contributed by atoms with E-state index < -0.39 is 0 Å². The van der Waals surface area contributed by atoms with Gasteiger partial charge in [0.15, 0.2) is 0 Å². The summed E-state index contributed by atoms with van der Waals surface area (Å²) >= 11 is 0. The summed E-state index contributed by atoms with van der Waals surface area (Å²) in [5.41, 5.74) is 0. The van der Waals surface area contributed by atoms with Crippen LogP contribution in [0, 0.1) is 11.1 Å². The van der Waals surface area contributed by atoms with Crippen LogP contribution in [0.15, 0.2) is 0 Å². The van der Waals surface area contributed by atoms with Crippen LogP contribution in [0.2, 0.25) is 0 Å². The lowest BCUT2D eigenvalue weighted by molar-refractivity contribution is -0.863. The van der Waals surface area contributed by atoms with Gasteiger partial charge in [-0.05, 0) is 0 Å². The molecule has 1 fully saturated rings. The van der Waals surface area contributed by atoms with Gasteiger partial charge in [-0.15, -0.1) is 0 Å². The molecule has 1 rings (SSSR count). The Bertz CT molecular complexity index is 115. The van der Waals surface area contributed by atoms with E-state index in [1.807, 2.05) is 0 Å². The van der Waals surface area contributed by atoms with Gasteiger partial charge in [0.05, 0.1) is 19.2 Å². The van der Waals surface area contributed by atoms with E-state index in [4.69, 9.17) is 4.74 Å². The molecule has 0 aromatic carbocycles. The van der Waals surface area contributed by atoms with E-state index >= 15 is 0 Å². The molecule has 1 unspecified atom stereocenters. The molecule has 0 radical (unpaired) electrons. The molecule has 0 aliphatic heterocycles. The quantitative estimate of drug-likeness (QED) is 0.565. The lowest BCUT2D eigenvalue weighted by atomic mass is 10.2. The number of nitrogens with one attached hydrogen (secondary N) is 1. The SMILES string of the molecule is COC[C@H](C)C[NH+]([O-])C1CC1. The summed E-state index contributed by atoms with van der Waals surface area (Å²) in [5, 5.41) is 11.7. The van der Waals surface area contributed by atoms with E-state index in [9.17, 15) is 5.21 Å². The van der Waals surface area contributed by atoms with Gasteiger partial charge in [-0.2, -0.15) is 0 Å². The van der Waals surface area contributed by atoms with Gasteiger partial charge < -0.3 is 15.0 Å². The average molecular weight is 159 g/mol. The number of methoxy groups -OCH3 is 1. The highest BCUT2D eigenvalue weighted by molar-refractivity contribution is 4.71. The second-order valence-electron chi connectivity index (χ2n) is 3.51. The van der Waals surface area contributed by atoms with Crippen LogP contribution in [0.4, 0.5) is 0 Å². The average Bonchev–Trinajstić information content (AvgIpc) is 2.67. The Labute approximate surface area is 67.9 Å². The second kappa shape index (κ2) is 4.04. The van der Waals surface area contributed by atoms with Crippen molar-refractivity contribution in [3.63, 3.8) is 0 Å². The molecule has 0 aromatic rings. The summed E-state index contributed by atoms with van der Waals surface area (Å²) < 4.78 is 4.95. The van der Waals surface area contributed by atoms with Crippen molar-refractivity contribution in [1.29, 1.82) is 0 Å². The zero-order valence-corrected chi connectivity index (χ0v) is 7.30. The summed E-state index contributed by atoms with van der Waals surface area (Å²) in [5.74, 6) is 0.396. The van der Waals surface area contributed by atoms with Crippen molar-refractivity contribution < 1.29 is 9.80 Å². The van der Waals surface area contributed by atoms with E-state index in [0.29, 0.717) is 30.2 Å². The highest BCUT2D eigenvalue weighted by atomic mass is 16.5. The van der Waals surface area contributed by atoms with Gasteiger partial charge in [0.25, 0.3) is 0 Å². The first-order valence-electron chi connectivity index (χ1n) is 4.25. The van der Waals surface area contributed by atoms with E-state index in [1.165, 1.54) is 0 Å². The Morgan fingerprint density at radius 3 is 2.73 bits per heavy atom. The van der Waals surface area contributed by atoms with E-state index in [2.05, 4.69) is 6.92 Å². The van der Waals surface area contributed by atoms with Gasteiger partial charge in [0.1, 0.15) is 0 Å². The Kier molecular flexibility index (Phi) is 3.30. The molecule has 3 nitrogen and oxygen atoms in total. The van der Waals surface area contributed by atoms with E-state index in [0.717, 1.165) is 12.8 Å². The Balaban J connectivity index is 2.07. The molecule has 0 saturated heterocycles. The van der Waals surface area contributed by atoms with Crippen molar-refractivity contribution in [2.45, 2.75) is 25.8 Å². The minimum absolute atomic E-state index is 0.396. The third kappa shape index (κ3) is 3.18. The lowest BCUT2D eigenvalue weighted by Crippen LogP contribution is -3.09. The highest BCUT2D eigenvalue weighted by Gasteiger charge is 2.29. The molecule has 11 heavy (non-hydrogen) atoms. The van der Waals surface area contributed by atoms with Crippen molar-refractivity contribution in [2.24, 2.45) is 5.92 Å². The van der Waals surface area contributed by atoms with Crippen LogP contribution in [0.3, 0.4) is 0 Å². The summed E-state index contributed by atoms with van der Waals surface area (Å²) in [6.45, 7) is 3.47. The van der Waals surface area contributed by atoms with Gasteiger partial charge in [-0.25, -0.2) is 0 Å². The highest BCUT2D eigenvalue weighted by Crippen LogP contribution is 2.14. The zero-order chi connectivity index (χ0) is 8.27. The van der Waals surface area contributed by atoms with Gasteiger partial charge in [0.2, 0.25) is 0 Å². The predicted octanol–water partition coefficient (Wildman–Crippen LogP) is -0.186. The fourth-order valence-electron chi connectivity index (χ4n) is 1.26. The molecule has 66 valence electrons. The minimum atomic E-state index is 0.396. The summed E-state index contributed by atoms with van der Waals surface area (Å²) in [7, 11) is 1.68. The predicted molar refractivity (Wildman–Crippen MR) is 43.3 cm³/mol. The fraction of sp³-hybridized carbons (Fsp3) is 1.00. The number of quaternary nitrogens is 1. The molecule has 0 heterocycles. The number of rotatable bonds is 5. The molecule has 2 atom stereocenters. The molecule has 0 amide bonds. The first kappa shape index (κ1) is 8.97. The van der Waals surface area contributed by atoms with Crippen LogP contribution >= 0.6 is 0 Å². The third-order valence-electron chi connectivity index (χ3n) is 2.03. The van der Waals surface area contributed by atoms with Crippen LogP contribution < -0.4 is 5.06 Å². The van der Waals surface area contributed by atoms with Gasteiger partial charge in [0, 0.05) is 25.9 Å². The van der Waals surface area contributed by atoms with Gasteiger partial charge in [-0.3, -0.25) is 0 Å². The molecule has 1 aliphatic rings. The molecular weight excluding hydrogens is 142 g/mol. The fourth-order valence-corrected chi connectivity index (χ4v) is 1.26. The molecular formula is C8H17NO2. The summed E-state index contributed by atoms with van der Waals surface area (Å²) in [6, 6.07) is 0.411. The number of hydroxylamine groups is 2. The standard InChI is InChI=1S/C8H17NO2/c1-7(6-11-2)5-9(10)8-3-4-8/h7-9H,3-6H2,1-2H3/t7-/m1/s1. The van der Waals surface area contributed by atoms with Crippen LogP contribution in [0.25, 0.3) is 0 Å². The first-order chi connectivity index (χ1) is 5.24. The van der Waals surface area contributed by atoms with Crippen LogP contribution in [-0.4, -0.2) is 26.3 Å². The minimum Gasteiger partial charge on any atom is -0.634 e. The smallest absolute Gasteiger partial charge is 0.0876 e. The topological polar surface area (TPSA) is 36.7 Å². The third-order valence-corrected chi connectivity index (χ3v) is 2.03. The molecule has 1 aliphatic carbocycles. The summed E-state index contributed by atoms with van der Waals surface area (Å²) in [4.78, 5) is 0. The van der Waals surface area contributed by atoms with Crippen LogP contribution in [0.1, 0.15) is 19.8 Å². The Hall–Kier alpha value is -0.120. The van der Waals surface area contributed by atoms with Gasteiger partial charge in [-0.1, -0.05) is 6.92 Å². The van der Waals surface area contributed by atoms with Crippen molar-refractivity contribution in [3.05, 3.63) is 5.21 Å². The Morgan fingerprint density at radius 1 is 1.64 bits per heavy atom. The van der Waals surface area contributed by atoms with Gasteiger partial charge >= 0.3 is 0 Å². The lowest BCUT2D eigenvalue weighted by Gasteiger charge is -2.24. The van der Waals surface area contributed by atoms with E-state index in [-0.39, 0.29) is 0 Å². The molecule has 0 spiro atoms. The molecule has 0 bridgehead atoms. The normalized spacial score (nSPS) is 23.2. The second-order valence-corrected chi connectivity index (χ2v) is 3.51. The van der Waals surface area contributed by atoms with E-state index in [1.54, 1.807) is 7.11 Å². The van der Waals surface area contributed by atoms with Crippen molar-refractivity contribution in [3.8, 4) is 0 Å². The largest absolute Gasteiger partial charge is 0.634 e. The van der Waals surface area contributed by atoms with Crippen molar-refractivity contribution in [1.82, 2.24) is 0 Å². The maximum atomic E-state index is 11.2. The molecule has 1 saturated carbocycles. The molecule has 0 aromatic heterocycles. The maximum absolute atomic E-state index is 11.2. The molecule has 1 N–H and O–H groups in total. The maximum Gasteiger partial charge on any atom is 0.0876 e. The molecule has 3 heteroatoms.